The molecule has 4 aromatic rings. The monoisotopic (exact) mass is 444 g/mol. The van der Waals surface area contributed by atoms with E-state index in [1.54, 1.807) is 23.2 Å². The van der Waals surface area contributed by atoms with E-state index in [1.165, 1.54) is 6.07 Å². The molecule has 6 rings (SSSR count). The van der Waals surface area contributed by atoms with Gasteiger partial charge in [0.15, 0.2) is 23.3 Å². The molecule has 1 aliphatic carbocycles. The van der Waals surface area contributed by atoms with Gasteiger partial charge in [-0.05, 0) is 43.7 Å². The van der Waals surface area contributed by atoms with Crippen LogP contribution in [0.5, 0.6) is 0 Å². The molecule has 0 N–H and O–H groups in total. The third-order valence-corrected chi connectivity index (χ3v) is 5.90. The fraction of sp³-hybridized carbons (Fsp3) is 0.174. The Hall–Kier alpha value is -4.21. The standard InChI is InChI=1S/C23H18F2N8/c1-3-18-22-30-29-13(2)32(22)19-12-27-23(28-21(19)33(18)15-5-4-6-15)31-10-9-26-20(31)14-7-8-16(24)17(25)11-14/h4-12,18H,3H2,1-2H3. The first-order valence-corrected chi connectivity index (χ1v) is 10.5. The van der Waals surface area contributed by atoms with Crippen LogP contribution in [-0.4, -0.2) is 34.3 Å². The predicted molar refractivity (Wildman–Crippen MR) is 117 cm³/mol. The molecule has 0 spiro atoms. The van der Waals surface area contributed by atoms with Gasteiger partial charge in [0.25, 0.3) is 0 Å². The Kier molecular flexibility index (Phi) is 4.22. The number of allylic oxidation sites excluding steroid dienone is 3. The van der Waals surface area contributed by atoms with E-state index in [9.17, 15) is 8.78 Å². The minimum absolute atomic E-state index is 0.0499. The zero-order chi connectivity index (χ0) is 22.7. The molecule has 164 valence electrons. The number of benzene rings is 1. The van der Waals surface area contributed by atoms with Crippen LogP contribution in [0.4, 0.5) is 14.6 Å². The topological polar surface area (TPSA) is 77.5 Å². The van der Waals surface area contributed by atoms with Crippen molar-refractivity contribution < 1.29 is 8.78 Å². The van der Waals surface area contributed by atoms with Gasteiger partial charge in [-0.25, -0.2) is 18.7 Å². The molecular formula is C23H18F2N8. The molecular weight excluding hydrogens is 426 g/mol. The summed E-state index contributed by atoms with van der Waals surface area (Å²) in [7, 11) is 0. The molecule has 0 saturated carbocycles. The summed E-state index contributed by atoms with van der Waals surface area (Å²) in [6, 6.07) is 3.62. The molecule has 1 aliphatic heterocycles. The third kappa shape index (κ3) is 2.83. The lowest BCUT2D eigenvalue weighted by atomic mass is 10.0. The van der Waals surface area contributed by atoms with Gasteiger partial charge in [0.1, 0.15) is 17.3 Å². The van der Waals surface area contributed by atoms with E-state index in [0.717, 1.165) is 41.6 Å². The summed E-state index contributed by atoms with van der Waals surface area (Å²) in [6.45, 7) is 4.00. The van der Waals surface area contributed by atoms with Crippen LogP contribution in [0, 0.1) is 18.6 Å². The zero-order valence-electron chi connectivity index (χ0n) is 17.8. The highest BCUT2D eigenvalue weighted by atomic mass is 19.2. The summed E-state index contributed by atoms with van der Waals surface area (Å²) in [4.78, 5) is 15.9. The number of nitrogens with zero attached hydrogens (tertiary/aromatic N) is 8. The van der Waals surface area contributed by atoms with Gasteiger partial charge in [-0.1, -0.05) is 13.0 Å². The second-order valence-corrected chi connectivity index (χ2v) is 7.81. The summed E-state index contributed by atoms with van der Waals surface area (Å²) in [6.07, 6.45) is 11.8. The molecule has 0 saturated heterocycles. The predicted octanol–water partition coefficient (Wildman–Crippen LogP) is 4.22. The van der Waals surface area contributed by atoms with Crippen LogP contribution in [0.1, 0.15) is 31.0 Å². The first kappa shape index (κ1) is 19.5. The van der Waals surface area contributed by atoms with Crippen LogP contribution in [0.25, 0.3) is 23.0 Å². The van der Waals surface area contributed by atoms with E-state index in [1.807, 2.05) is 29.7 Å². The van der Waals surface area contributed by atoms with Crippen molar-refractivity contribution in [3.05, 3.63) is 84.0 Å². The molecule has 3 aromatic heterocycles. The van der Waals surface area contributed by atoms with Crippen molar-refractivity contribution in [1.82, 2.24) is 34.3 Å². The molecule has 1 aromatic carbocycles. The fourth-order valence-electron chi connectivity index (χ4n) is 4.29. The highest BCUT2D eigenvalue weighted by Gasteiger charge is 2.37. The smallest absolute Gasteiger partial charge is 0.237 e. The Balaban J connectivity index is 1.53. The lowest BCUT2D eigenvalue weighted by Crippen LogP contribution is -2.36. The van der Waals surface area contributed by atoms with E-state index in [4.69, 9.17) is 4.98 Å². The number of aromatic nitrogens is 7. The first-order valence-electron chi connectivity index (χ1n) is 10.5. The lowest BCUT2D eigenvalue weighted by molar-refractivity contribution is 0.509. The average Bonchev–Trinajstić information content (AvgIpc) is 3.42. The Morgan fingerprint density at radius 2 is 1.94 bits per heavy atom. The highest BCUT2D eigenvalue weighted by Crippen LogP contribution is 2.42. The van der Waals surface area contributed by atoms with E-state index in [2.05, 4.69) is 32.0 Å². The van der Waals surface area contributed by atoms with Gasteiger partial charge in [0, 0.05) is 23.7 Å². The Labute approximate surface area is 187 Å². The summed E-state index contributed by atoms with van der Waals surface area (Å²) < 4.78 is 31.0. The maximum absolute atomic E-state index is 13.9. The summed E-state index contributed by atoms with van der Waals surface area (Å²) in [5, 5.41) is 8.71. The van der Waals surface area contributed by atoms with Crippen molar-refractivity contribution >= 4 is 5.82 Å². The normalized spacial score (nSPS) is 16.3. The second-order valence-electron chi connectivity index (χ2n) is 7.81. The first-order chi connectivity index (χ1) is 16.1. The summed E-state index contributed by atoms with van der Waals surface area (Å²) in [5.41, 5.74) is 2.22. The van der Waals surface area contributed by atoms with E-state index in [0.29, 0.717) is 23.2 Å². The fourth-order valence-corrected chi connectivity index (χ4v) is 4.29. The molecule has 2 aliphatic rings. The van der Waals surface area contributed by atoms with Gasteiger partial charge in [0.2, 0.25) is 5.95 Å². The molecule has 1 atom stereocenters. The second kappa shape index (κ2) is 7.16. The van der Waals surface area contributed by atoms with Crippen LogP contribution >= 0.6 is 0 Å². The molecule has 0 fully saturated rings. The van der Waals surface area contributed by atoms with Crippen molar-refractivity contribution in [2.75, 3.05) is 4.90 Å². The third-order valence-electron chi connectivity index (χ3n) is 5.90. The summed E-state index contributed by atoms with van der Waals surface area (Å²) >= 11 is 0. The quantitative estimate of drug-likeness (QED) is 0.469. The minimum Gasteiger partial charge on any atom is -0.314 e. The van der Waals surface area contributed by atoms with Crippen LogP contribution in [0.2, 0.25) is 0 Å². The summed E-state index contributed by atoms with van der Waals surface area (Å²) in [5.74, 6) is 1.22. The zero-order valence-corrected chi connectivity index (χ0v) is 17.8. The number of fused-ring (bicyclic) bond motifs is 3. The highest BCUT2D eigenvalue weighted by molar-refractivity contribution is 5.69. The van der Waals surface area contributed by atoms with Crippen molar-refractivity contribution in [3.63, 3.8) is 0 Å². The molecule has 33 heavy (non-hydrogen) atoms. The number of halogens is 2. The van der Waals surface area contributed by atoms with Crippen LogP contribution in [0.3, 0.4) is 0 Å². The Morgan fingerprint density at radius 3 is 2.67 bits per heavy atom. The molecule has 0 radical (unpaired) electrons. The van der Waals surface area contributed by atoms with Crippen molar-refractivity contribution in [1.29, 1.82) is 0 Å². The van der Waals surface area contributed by atoms with Crippen molar-refractivity contribution in [2.45, 2.75) is 26.3 Å². The average molecular weight is 444 g/mol. The van der Waals surface area contributed by atoms with E-state index < -0.39 is 11.6 Å². The van der Waals surface area contributed by atoms with Gasteiger partial charge in [-0.2, -0.15) is 4.98 Å². The van der Waals surface area contributed by atoms with Gasteiger partial charge in [-0.3, -0.25) is 9.13 Å². The number of aryl methyl sites for hydroxylation is 1. The maximum Gasteiger partial charge on any atom is 0.237 e. The lowest BCUT2D eigenvalue weighted by Gasteiger charge is -2.38. The van der Waals surface area contributed by atoms with Gasteiger partial charge < -0.3 is 4.90 Å². The molecule has 1 unspecified atom stereocenters. The van der Waals surface area contributed by atoms with Crippen LogP contribution < -0.4 is 4.90 Å². The van der Waals surface area contributed by atoms with Crippen LogP contribution in [0.15, 0.2) is 60.7 Å². The van der Waals surface area contributed by atoms with Crippen molar-refractivity contribution in [3.8, 4) is 23.0 Å². The SMILES string of the molecule is CCC1c2nnc(C)n2-c2cnc(-n3ccnc3-c3ccc(F)c(F)c3)nc2N1C1=CC=C1. The molecule has 0 bridgehead atoms. The number of rotatable bonds is 4. The number of anilines is 1. The minimum atomic E-state index is -0.940. The maximum atomic E-state index is 13.9. The number of hydrogen-bond donors (Lipinski definition) is 0. The molecule has 0 amide bonds. The van der Waals surface area contributed by atoms with Gasteiger partial charge >= 0.3 is 0 Å². The van der Waals surface area contributed by atoms with E-state index in [-0.39, 0.29) is 6.04 Å². The molecule has 10 heteroatoms. The van der Waals surface area contributed by atoms with Gasteiger partial charge in [0.05, 0.1) is 12.2 Å². The van der Waals surface area contributed by atoms with Gasteiger partial charge in [-0.15, -0.1) is 10.2 Å². The largest absolute Gasteiger partial charge is 0.314 e. The van der Waals surface area contributed by atoms with E-state index >= 15 is 0 Å². The van der Waals surface area contributed by atoms with Crippen LogP contribution in [-0.2, 0) is 0 Å². The molecule has 4 heterocycles. The van der Waals surface area contributed by atoms with Crippen molar-refractivity contribution in [2.24, 2.45) is 0 Å². The molecule has 8 nitrogen and oxygen atoms in total. The number of hydrogen-bond acceptors (Lipinski definition) is 6. The Morgan fingerprint density at radius 1 is 1.09 bits per heavy atom. The Bertz CT molecular complexity index is 1470. The number of imidazole rings is 1.